The summed E-state index contributed by atoms with van der Waals surface area (Å²) in [4.78, 5) is 15.4. The summed E-state index contributed by atoms with van der Waals surface area (Å²) < 4.78 is 6.80. The van der Waals surface area contributed by atoms with Crippen LogP contribution in [0.5, 0.6) is 5.75 Å². The zero-order chi connectivity index (χ0) is 13.7. The number of nitrogens with zero attached hydrogens (tertiary/aromatic N) is 2. The molecule has 2 rings (SSSR count). The molecule has 1 aromatic carbocycles. The third kappa shape index (κ3) is 3.20. The first-order valence-electron chi connectivity index (χ1n) is 6.07. The van der Waals surface area contributed by atoms with Crippen molar-refractivity contribution >= 4 is 0 Å². The molecule has 1 N–H and O–H groups in total. The van der Waals surface area contributed by atoms with Crippen molar-refractivity contribution in [3.63, 3.8) is 0 Å². The summed E-state index contributed by atoms with van der Waals surface area (Å²) in [6, 6.07) is 9.57. The Labute approximate surface area is 111 Å². The summed E-state index contributed by atoms with van der Waals surface area (Å²) in [5.41, 5.74) is 0.822. The summed E-state index contributed by atoms with van der Waals surface area (Å²) in [5, 5.41) is 3.20. The first-order chi connectivity index (χ1) is 9.24. The summed E-state index contributed by atoms with van der Waals surface area (Å²) in [7, 11) is 3.50. The van der Waals surface area contributed by atoms with Crippen LogP contribution in [0.25, 0.3) is 0 Å². The van der Waals surface area contributed by atoms with Gasteiger partial charge in [0.2, 0.25) is 0 Å². The fourth-order valence-electron chi connectivity index (χ4n) is 1.94. The highest BCUT2D eigenvalue weighted by Crippen LogP contribution is 2.19. The Bertz CT molecular complexity index is 595. The Kier molecular flexibility index (Phi) is 4.30. The molecule has 0 saturated heterocycles. The van der Waals surface area contributed by atoms with Crippen LogP contribution < -0.4 is 15.7 Å². The second-order valence-electron chi connectivity index (χ2n) is 4.17. The van der Waals surface area contributed by atoms with Crippen molar-refractivity contribution in [3.8, 4) is 5.75 Å². The van der Waals surface area contributed by atoms with Gasteiger partial charge in [-0.15, -0.1) is 0 Å². The molecule has 0 radical (unpaired) electrons. The van der Waals surface area contributed by atoms with Crippen LogP contribution in [0.15, 0.2) is 47.5 Å². The van der Waals surface area contributed by atoms with Gasteiger partial charge in [-0.3, -0.25) is 4.57 Å². The van der Waals surface area contributed by atoms with Crippen molar-refractivity contribution < 1.29 is 4.74 Å². The maximum atomic E-state index is 11.6. The van der Waals surface area contributed by atoms with Crippen molar-refractivity contribution in [2.45, 2.75) is 12.6 Å². The number of rotatable bonds is 5. The molecule has 0 spiro atoms. The molecular weight excluding hydrogens is 242 g/mol. The van der Waals surface area contributed by atoms with Gasteiger partial charge in [-0.05, 0) is 30.8 Å². The second-order valence-corrected chi connectivity index (χ2v) is 4.17. The summed E-state index contributed by atoms with van der Waals surface area (Å²) >= 11 is 0. The summed E-state index contributed by atoms with van der Waals surface area (Å²) in [6.07, 6.45) is 3.23. The lowest BCUT2D eigenvalue weighted by molar-refractivity contribution is 0.412. The van der Waals surface area contributed by atoms with Crippen LogP contribution in [0.3, 0.4) is 0 Å². The molecule has 19 heavy (non-hydrogen) atoms. The number of likely N-dealkylation sites (N-methyl/N-ethyl adjacent to an activating group) is 1. The smallest absolute Gasteiger partial charge is 0.347 e. The fourth-order valence-corrected chi connectivity index (χ4v) is 1.94. The zero-order valence-electron chi connectivity index (χ0n) is 11.0. The van der Waals surface area contributed by atoms with Gasteiger partial charge in [0, 0.05) is 18.9 Å². The molecule has 100 valence electrons. The highest BCUT2D eigenvalue weighted by Gasteiger charge is 2.11. The van der Waals surface area contributed by atoms with Crippen molar-refractivity contribution in [1.29, 1.82) is 0 Å². The van der Waals surface area contributed by atoms with Crippen molar-refractivity contribution in [1.82, 2.24) is 14.9 Å². The number of methoxy groups -OCH3 is 1. The Morgan fingerprint density at radius 3 is 2.95 bits per heavy atom. The monoisotopic (exact) mass is 259 g/mol. The van der Waals surface area contributed by atoms with E-state index in [1.807, 2.05) is 31.3 Å². The van der Waals surface area contributed by atoms with E-state index in [2.05, 4.69) is 10.3 Å². The van der Waals surface area contributed by atoms with Gasteiger partial charge in [-0.25, -0.2) is 9.78 Å². The lowest BCUT2D eigenvalue weighted by Crippen LogP contribution is -2.29. The predicted molar refractivity (Wildman–Crippen MR) is 73.3 cm³/mol. The van der Waals surface area contributed by atoms with Gasteiger partial charge in [0.25, 0.3) is 0 Å². The Balaban J connectivity index is 2.25. The molecule has 0 amide bonds. The van der Waals surface area contributed by atoms with E-state index in [0.717, 1.165) is 11.3 Å². The van der Waals surface area contributed by atoms with Crippen LogP contribution in [-0.4, -0.2) is 23.7 Å². The topological polar surface area (TPSA) is 56.2 Å². The minimum atomic E-state index is -0.245. The summed E-state index contributed by atoms with van der Waals surface area (Å²) in [6.45, 7) is 0.524. The zero-order valence-corrected chi connectivity index (χ0v) is 11.0. The average molecular weight is 259 g/mol. The van der Waals surface area contributed by atoms with Crippen LogP contribution in [0, 0.1) is 0 Å². The Morgan fingerprint density at radius 2 is 2.26 bits per heavy atom. The highest BCUT2D eigenvalue weighted by atomic mass is 16.5. The van der Waals surface area contributed by atoms with E-state index in [1.165, 1.54) is 6.20 Å². The molecule has 2 aromatic rings. The van der Waals surface area contributed by atoms with Gasteiger partial charge >= 0.3 is 5.69 Å². The third-order valence-corrected chi connectivity index (χ3v) is 3.01. The molecular formula is C14H17N3O2. The number of hydrogen-bond acceptors (Lipinski definition) is 4. The maximum absolute atomic E-state index is 11.6. The molecule has 5 heteroatoms. The molecule has 1 heterocycles. The largest absolute Gasteiger partial charge is 0.497 e. The SMILES string of the molecule is CNC(Cn1cccnc1=O)c1cccc(OC)c1. The van der Waals surface area contributed by atoms with Crippen LogP contribution in [0.4, 0.5) is 0 Å². The molecule has 1 aromatic heterocycles. The first kappa shape index (κ1) is 13.3. The van der Waals surface area contributed by atoms with Crippen LogP contribution in [0.2, 0.25) is 0 Å². The van der Waals surface area contributed by atoms with Crippen LogP contribution in [0.1, 0.15) is 11.6 Å². The average Bonchev–Trinajstić information content (AvgIpc) is 2.46. The van der Waals surface area contributed by atoms with Gasteiger partial charge in [-0.1, -0.05) is 12.1 Å². The minimum absolute atomic E-state index is 0.0250. The third-order valence-electron chi connectivity index (χ3n) is 3.01. The number of nitrogens with one attached hydrogen (secondary N) is 1. The quantitative estimate of drug-likeness (QED) is 0.877. The van der Waals surface area contributed by atoms with E-state index in [0.29, 0.717) is 6.54 Å². The van der Waals surface area contributed by atoms with Crippen LogP contribution >= 0.6 is 0 Å². The van der Waals surface area contributed by atoms with Gasteiger partial charge in [0.1, 0.15) is 5.75 Å². The van der Waals surface area contributed by atoms with Crippen molar-refractivity contribution in [2.24, 2.45) is 0 Å². The standard InChI is InChI=1S/C14H17N3O2/c1-15-13(10-17-8-4-7-16-14(17)18)11-5-3-6-12(9-11)19-2/h3-9,13,15H,10H2,1-2H3. The minimum Gasteiger partial charge on any atom is -0.497 e. The number of benzene rings is 1. The molecule has 0 aliphatic carbocycles. The van der Waals surface area contributed by atoms with E-state index in [9.17, 15) is 4.79 Å². The van der Waals surface area contributed by atoms with E-state index in [4.69, 9.17) is 4.74 Å². The molecule has 0 fully saturated rings. The summed E-state index contributed by atoms with van der Waals surface area (Å²) in [5.74, 6) is 0.802. The number of hydrogen-bond donors (Lipinski definition) is 1. The molecule has 5 nitrogen and oxygen atoms in total. The van der Waals surface area contributed by atoms with Crippen molar-refractivity contribution in [3.05, 3.63) is 58.8 Å². The Hall–Kier alpha value is -2.14. The molecule has 0 bridgehead atoms. The number of ether oxygens (including phenoxy) is 1. The normalized spacial score (nSPS) is 12.1. The van der Waals surface area contributed by atoms with Crippen LogP contribution in [-0.2, 0) is 6.54 Å². The van der Waals surface area contributed by atoms with E-state index in [-0.39, 0.29) is 11.7 Å². The first-order valence-corrected chi connectivity index (χ1v) is 6.07. The van der Waals surface area contributed by atoms with Gasteiger partial charge in [-0.2, -0.15) is 0 Å². The lowest BCUT2D eigenvalue weighted by Gasteiger charge is -2.18. The van der Waals surface area contributed by atoms with E-state index < -0.39 is 0 Å². The van der Waals surface area contributed by atoms with E-state index >= 15 is 0 Å². The number of aromatic nitrogens is 2. The molecule has 1 unspecified atom stereocenters. The van der Waals surface area contributed by atoms with Gasteiger partial charge in [0.05, 0.1) is 13.2 Å². The van der Waals surface area contributed by atoms with Gasteiger partial charge in [0.15, 0.2) is 0 Å². The van der Waals surface area contributed by atoms with Gasteiger partial charge < -0.3 is 10.1 Å². The van der Waals surface area contributed by atoms with E-state index in [1.54, 1.807) is 23.9 Å². The highest BCUT2D eigenvalue weighted by molar-refractivity contribution is 5.30. The molecule has 1 atom stereocenters. The predicted octanol–water partition coefficient (Wildman–Crippen LogP) is 1.21. The fraction of sp³-hybridized carbons (Fsp3) is 0.286. The van der Waals surface area contributed by atoms with Crippen molar-refractivity contribution in [2.75, 3.05) is 14.2 Å². The Morgan fingerprint density at radius 1 is 1.42 bits per heavy atom. The maximum Gasteiger partial charge on any atom is 0.347 e. The second kappa shape index (κ2) is 6.15. The molecule has 0 aliphatic heterocycles. The lowest BCUT2D eigenvalue weighted by atomic mass is 10.1. The molecule has 0 saturated carbocycles. The molecule has 0 aliphatic rings.